The molecule has 29 heavy (non-hydrogen) atoms. The topological polar surface area (TPSA) is 29.5 Å². The molecule has 0 saturated carbocycles. The molecule has 0 amide bonds. The first-order chi connectivity index (χ1) is 14.2. The third kappa shape index (κ3) is 8.12. The van der Waals surface area contributed by atoms with Crippen LogP contribution in [0, 0.1) is 0 Å². The standard InChI is InChI=1S/C27H40O2/c1-4-6-8-10-15-23-17-14-20-27(25(23)18-11-9-7-5-2)29-22(3)21-24-16-12-13-19-26(24)28/h12-14,16-17,19-20,22,28H,4-11,15,18,21H2,1-3H3. The summed E-state index contributed by atoms with van der Waals surface area (Å²) in [5.41, 5.74) is 3.81. The van der Waals surface area contributed by atoms with Gasteiger partial charge in [-0.3, -0.25) is 0 Å². The highest BCUT2D eigenvalue weighted by atomic mass is 16.5. The molecule has 0 spiro atoms. The summed E-state index contributed by atoms with van der Waals surface area (Å²) in [5.74, 6) is 1.39. The molecule has 0 aliphatic rings. The van der Waals surface area contributed by atoms with E-state index in [0.29, 0.717) is 12.2 Å². The van der Waals surface area contributed by atoms with Crippen LogP contribution in [-0.2, 0) is 19.3 Å². The van der Waals surface area contributed by atoms with Crippen molar-refractivity contribution in [3.05, 3.63) is 59.2 Å². The molecular weight excluding hydrogens is 356 g/mol. The number of benzene rings is 2. The minimum absolute atomic E-state index is 0.0213. The van der Waals surface area contributed by atoms with E-state index in [-0.39, 0.29) is 6.10 Å². The van der Waals surface area contributed by atoms with Gasteiger partial charge in [0, 0.05) is 6.42 Å². The quantitative estimate of drug-likeness (QED) is 0.332. The number of phenols is 1. The number of phenolic OH excluding ortho intramolecular Hbond substituents is 1. The van der Waals surface area contributed by atoms with Crippen molar-refractivity contribution in [2.45, 2.75) is 97.5 Å². The molecule has 0 saturated heterocycles. The first kappa shape index (κ1) is 23.3. The molecule has 2 nitrogen and oxygen atoms in total. The molecule has 1 atom stereocenters. The number of aryl methyl sites for hydroxylation is 1. The van der Waals surface area contributed by atoms with E-state index in [1.165, 1.54) is 62.5 Å². The van der Waals surface area contributed by atoms with E-state index in [1.54, 1.807) is 6.07 Å². The molecule has 1 N–H and O–H groups in total. The summed E-state index contributed by atoms with van der Waals surface area (Å²) < 4.78 is 6.42. The molecule has 1 unspecified atom stereocenters. The van der Waals surface area contributed by atoms with E-state index < -0.39 is 0 Å². The van der Waals surface area contributed by atoms with E-state index >= 15 is 0 Å². The van der Waals surface area contributed by atoms with Crippen LogP contribution in [0.2, 0.25) is 0 Å². The highest BCUT2D eigenvalue weighted by molar-refractivity contribution is 5.41. The molecule has 2 aromatic carbocycles. The van der Waals surface area contributed by atoms with Crippen LogP contribution >= 0.6 is 0 Å². The molecular formula is C27H40O2. The zero-order chi connectivity index (χ0) is 20.9. The van der Waals surface area contributed by atoms with Crippen molar-refractivity contribution in [2.24, 2.45) is 0 Å². The summed E-state index contributed by atoms with van der Waals surface area (Å²) in [6.45, 7) is 6.62. The zero-order valence-corrected chi connectivity index (χ0v) is 18.8. The van der Waals surface area contributed by atoms with Gasteiger partial charge < -0.3 is 9.84 Å². The Labute approximate surface area is 178 Å². The Kier molecular flexibility index (Phi) is 10.7. The summed E-state index contributed by atoms with van der Waals surface area (Å²) in [6, 6.07) is 14.1. The first-order valence-corrected chi connectivity index (χ1v) is 11.7. The van der Waals surface area contributed by atoms with E-state index in [4.69, 9.17) is 4.74 Å². The van der Waals surface area contributed by atoms with E-state index in [1.807, 2.05) is 18.2 Å². The third-order valence-corrected chi connectivity index (χ3v) is 5.64. The van der Waals surface area contributed by atoms with Crippen molar-refractivity contribution < 1.29 is 9.84 Å². The Bertz CT molecular complexity index is 707. The molecule has 0 fully saturated rings. The predicted molar refractivity (Wildman–Crippen MR) is 124 cm³/mol. The fraction of sp³-hybridized carbons (Fsp3) is 0.556. The van der Waals surface area contributed by atoms with Gasteiger partial charge in [-0.15, -0.1) is 0 Å². The van der Waals surface area contributed by atoms with Crippen molar-refractivity contribution in [1.29, 1.82) is 0 Å². The van der Waals surface area contributed by atoms with Gasteiger partial charge in [0.15, 0.2) is 0 Å². The number of unbranched alkanes of at least 4 members (excludes halogenated alkanes) is 6. The van der Waals surface area contributed by atoms with Crippen molar-refractivity contribution in [3.63, 3.8) is 0 Å². The Morgan fingerprint density at radius 1 is 0.759 bits per heavy atom. The molecule has 0 aromatic heterocycles. The average molecular weight is 397 g/mol. The van der Waals surface area contributed by atoms with Crippen molar-refractivity contribution >= 4 is 0 Å². The number of hydrogen-bond donors (Lipinski definition) is 1. The molecule has 0 heterocycles. The lowest BCUT2D eigenvalue weighted by Gasteiger charge is -2.20. The van der Waals surface area contributed by atoms with Crippen LogP contribution in [0.5, 0.6) is 11.5 Å². The summed E-state index contributed by atoms with van der Waals surface area (Å²) >= 11 is 0. The maximum absolute atomic E-state index is 10.1. The Balaban J connectivity index is 2.09. The Morgan fingerprint density at radius 2 is 1.41 bits per heavy atom. The van der Waals surface area contributed by atoms with Crippen LogP contribution in [0.25, 0.3) is 0 Å². The maximum atomic E-state index is 10.1. The largest absolute Gasteiger partial charge is 0.508 e. The average Bonchev–Trinajstić information content (AvgIpc) is 2.71. The van der Waals surface area contributed by atoms with Gasteiger partial charge in [0.1, 0.15) is 17.6 Å². The third-order valence-electron chi connectivity index (χ3n) is 5.64. The summed E-state index contributed by atoms with van der Waals surface area (Å²) in [7, 11) is 0. The van der Waals surface area contributed by atoms with Crippen LogP contribution in [0.3, 0.4) is 0 Å². The molecule has 0 bridgehead atoms. The number of para-hydroxylation sites is 1. The summed E-state index contributed by atoms with van der Waals surface area (Å²) in [6.07, 6.45) is 13.2. The number of hydrogen-bond acceptors (Lipinski definition) is 2. The van der Waals surface area contributed by atoms with Crippen LogP contribution in [0.15, 0.2) is 42.5 Å². The van der Waals surface area contributed by atoms with Crippen molar-refractivity contribution in [2.75, 3.05) is 0 Å². The minimum atomic E-state index is 0.0213. The lowest BCUT2D eigenvalue weighted by atomic mass is 9.95. The SMILES string of the molecule is CCCCCCc1cccc(OC(C)Cc2ccccc2O)c1CCCCCC. The van der Waals surface area contributed by atoms with Crippen molar-refractivity contribution in [3.8, 4) is 11.5 Å². The summed E-state index contributed by atoms with van der Waals surface area (Å²) in [4.78, 5) is 0. The lowest BCUT2D eigenvalue weighted by Crippen LogP contribution is -2.16. The zero-order valence-electron chi connectivity index (χ0n) is 18.8. The van der Waals surface area contributed by atoms with Crippen LogP contribution in [0.1, 0.15) is 88.8 Å². The van der Waals surface area contributed by atoms with Crippen LogP contribution < -0.4 is 4.74 Å². The maximum Gasteiger partial charge on any atom is 0.123 e. The van der Waals surface area contributed by atoms with Gasteiger partial charge in [0.25, 0.3) is 0 Å². The molecule has 2 rings (SSSR count). The highest BCUT2D eigenvalue weighted by Crippen LogP contribution is 2.28. The monoisotopic (exact) mass is 396 g/mol. The Morgan fingerprint density at radius 3 is 2.10 bits per heavy atom. The lowest BCUT2D eigenvalue weighted by molar-refractivity contribution is 0.218. The molecule has 160 valence electrons. The second-order valence-electron chi connectivity index (χ2n) is 8.28. The van der Waals surface area contributed by atoms with E-state index in [2.05, 4.69) is 39.0 Å². The van der Waals surface area contributed by atoms with Gasteiger partial charge in [-0.1, -0.05) is 82.7 Å². The van der Waals surface area contributed by atoms with Gasteiger partial charge in [0.2, 0.25) is 0 Å². The van der Waals surface area contributed by atoms with Crippen molar-refractivity contribution in [1.82, 2.24) is 0 Å². The predicted octanol–water partition coefficient (Wildman–Crippen LogP) is 7.65. The fourth-order valence-corrected chi connectivity index (χ4v) is 3.96. The molecule has 0 aliphatic carbocycles. The Hall–Kier alpha value is -1.96. The number of ether oxygens (including phenoxy) is 1. The first-order valence-electron chi connectivity index (χ1n) is 11.7. The van der Waals surface area contributed by atoms with E-state index in [0.717, 1.165) is 24.2 Å². The van der Waals surface area contributed by atoms with Gasteiger partial charge >= 0.3 is 0 Å². The van der Waals surface area contributed by atoms with Gasteiger partial charge in [-0.25, -0.2) is 0 Å². The minimum Gasteiger partial charge on any atom is -0.508 e. The number of rotatable bonds is 14. The van der Waals surface area contributed by atoms with Gasteiger partial charge in [-0.05, 0) is 61.4 Å². The van der Waals surface area contributed by atoms with E-state index in [9.17, 15) is 5.11 Å². The molecule has 2 heteroatoms. The second kappa shape index (κ2) is 13.3. The molecule has 0 radical (unpaired) electrons. The van der Waals surface area contributed by atoms with Crippen LogP contribution in [0.4, 0.5) is 0 Å². The normalized spacial score (nSPS) is 12.1. The van der Waals surface area contributed by atoms with Gasteiger partial charge in [-0.2, -0.15) is 0 Å². The molecule has 0 aliphatic heterocycles. The van der Waals surface area contributed by atoms with Gasteiger partial charge in [0.05, 0.1) is 0 Å². The van der Waals surface area contributed by atoms with Crippen LogP contribution in [-0.4, -0.2) is 11.2 Å². The fourth-order valence-electron chi connectivity index (χ4n) is 3.96. The number of aromatic hydroxyl groups is 1. The second-order valence-corrected chi connectivity index (χ2v) is 8.28. The smallest absolute Gasteiger partial charge is 0.123 e. The highest BCUT2D eigenvalue weighted by Gasteiger charge is 2.14. The molecule has 2 aromatic rings. The summed E-state index contributed by atoms with van der Waals surface area (Å²) in [5, 5.41) is 10.1.